The Bertz CT molecular complexity index is 1350. The molecule has 9 heteroatoms. The first kappa shape index (κ1) is 19.3. The van der Waals surface area contributed by atoms with Crippen LogP contribution < -0.4 is 22.1 Å². The quantitative estimate of drug-likeness (QED) is 0.372. The summed E-state index contributed by atoms with van der Waals surface area (Å²) >= 11 is 0. The van der Waals surface area contributed by atoms with Crippen LogP contribution in [0.15, 0.2) is 53.5 Å². The van der Waals surface area contributed by atoms with E-state index in [2.05, 4.69) is 26.7 Å². The third-order valence-electron chi connectivity index (χ3n) is 4.92. The molecule has 3 aromatic rings. The molecular formula is C22H15N9. The molecule has 1 unspecified atom stereocenters. The second-order valence-corrected chi connectivity index (χ2v) is 6.68. The number of guanidine groups is 1. The van der Waals surface area contributed by atoms with Gasteiger partial charge in [-0.15, -0.1) is 0 Å². The van der Waals surface area contributed by atoms with Gasteiger partial charge in [-0.3, -0.25) is 5.32 Å². The minimum absolute atomic E-state index is 0.0155. The third-order valence-corrected chi connectivity index (χ3v) is 4.92. The number of nitrogens with one attached hydrogen (secondary N) is 2. The third kappa shape index (κ3) is 3.31. The first-order valence-electron chi connectivity index (χ1n) is 9.15. The molecule has 9 nitrogen and oxygen atoms in total. The van der Waals surface area contributed by atoms with Crippen molar-refractivity contribution in [2.75, 3.05) is 16.8 Å². The van der Waals surface area contributed by atoms with Crippen molar-refractivity contribution in [2.24, 2.45) is 4.99 Å². The molecule has 0 bridgehead atoms. The number of fused-ring (bicyclic) bond motifs is 1. The smallest absolute Gasteiger partial charge is 0.211 e. The van der Waals surface area contributed by atoms with Crippen LogP contribution in [0, 0.1) is 34.1 Å². The van der Waals surface area contributed by atoms with E-state index in [4.69, 9.17) is 16.7 Å². The van der Waals surface area contributed by atoms with Crippen LogP contribution in [0.5, 0.6) is 0 Å². The summed E-state index contributed by atoms with van der Waals surface area (Å²) in [5.41, 5.74) is 15.9. The van der Waals surface area contributed by atoms with Crippen LogP contribution in [0.2, 0.25) is 0 Å². The zero-order valence-corrected chi connectivity index (χ0v) is 16.1. The molecule has 31 heavy (non-hydrogen) atoms. The molecule has 4 rings (SSSR count). The Hall–Kier alpha value is -5.07. The molecule has 0 saturated heterocycles. The van der Waals surface area contributed by atoms with Crippen LogP contribution in [0.1, 0.15) is 28.3 Å². The van der Waals surface area contributed by atoms with E-state index < -0.39 is 6.04 Å². The summed E-state index contributed by atoms with van der Waals surface area (Å²) in [4.78, 5) is 8.89. The van der Waals surface area contributed by atoms with Crippen molar-refractivity contribution in [1.82, 2.24) is 10.3 Å². The van der Waals surface area contributed by atoms with E-state index in [9.17, 15) is 10.5 Å². The van der Waals surface area contributed by atoms with Crippen LogP contribution in [0.25, 0.3) is 11.1 Å². The standard InChI is InChI=1S/C22H15N9/c23-9-12-4-3-5-13(8-12)14-6-1-2-7-15(14)19-17-18(26)16(10-24)20(27)30-21(17)31-22(29-19)28-11-25/h1-8,19H,(H6,26,27,28,29,30,31). The Kier molecular flexibility index (Phi) is 4.81. The van der Waals surface area contributed by atoms with Crippen molar-refractivity contribution < 1.29 is 0 Å². The number of nitrogens with two attached hydrogens (primary N) is 2. The number of aromatic nitrogens is 1. The largest absolute Gasteiger partial charge is 0.397 e. The fraction of sp³-hybridized carbons (Fsp3) is 0.0455. The normalized spacial score (nSPS) is 14.1. The highest BCUT2D eigenvalue weighted by Gasteiger charge is 2.31. The Morgan fingerprint density at radius 2 is 1.81 bits per heavy atom. The average Bonchev–Trinajstić information content (AvgIpc) is 2.79. The second-order valence-electron chi connectivity index (χ2n) is 6.68. The Morgan fingerprint density at radius 3 is 2.55 bits per heavy atom. The molecule has 1 aliphatic rings. The molecule has 1 atom stereocenters. The van der Waals surface area contributed by atoms with Crippen molar-refractivity contribution in [3.05, 3.63) is 70.8 Å². The van der Waals surface area contributed by atoms with E-state index >= 15 is 0 Å². The van der Waals surface area contributed by atoms with Crippen LogP contribution in [0.4, 0.5) is 17.3 Å². The number of aliphatic imine (C=N–C) groups is 1. The number of nitrogen functional groups attached to an aromatic ring is 2. The molecule has 0 amide bonds. The second kappa shape index (κ2) is 7.75. The maximum atomic E-state index is 9.49. The predicted molar refractivity (Wildman–Crippen MR) is 116 cm³/mol. The lowest BCUT2D eigenvalue weighted by Crippen LogP contribution is -2.32. The van der Waals surface area contributed by atoms with Crippen molar-refractivity contribution in [3.8, 4) is 29.5 Å². The van der Waals surface area contributed by atoms with Crippen molar-refractivity contribution in [1.29, 1.82) is 15.8 Å². The summed E-state index contributed by atoms with van der Waals surface area (Å²) in [6.45, 7) is 0. The monoisotopic (exact) mass is 405 g/mol. The summed E-state index contributed by atoms with van der Waals surface area (Å²) < 4.78 is 0. The molecule has 0 fully saturated rings. The summed E-state index contributed by atoms with van der Waals surface area (Å²) in [6, 6.07) is 18.2. The first-order chi connectivity index (χ1) is 15.1. The Balaban J connectivity index is 1.98. The molecule has 148 valence electrons. The molecule has 2 heterocycles. The van der Waals surface area contributed by atoms with E-state index in [1.165, 1.54) is 0 Å². The van der Waals surface area contributed by atoms with Gasteiger partial charge >= 0.3 is 0 Å². The molecule has 1 aliphatic heterocycles. The fourth-order valence-electron chi connectivity index (χ4n) is 3.56. The number of benzene rings is 2. The number of pyridine rings is 1. The first-order valence-corrected chi connectivity index (χ1v) is 9.15. The molecule has 0 radical (unpaired) electrons. The zero-order valence-electron chi connectivity index (χ0n) is 16.1. The van der Waals surface area contributed by atoms with Crippen LogP contribution in [-0.4, -0.2) is 10.9 Å². The molecule has 0 aliphatic carbocycles. The van der Waals surface area contributed by atoms with Crippen LogP contribution in [0.3, 0.4) is 0 Å². The van der Waals surface area contributed by atoms with Gasteiger partial charge in [-0.25, -0.2) is 9.98 Å². The number of nitrogens with zero attached hydrogens (tertiary/aromatic N) is 5. The van der Waals surface area contributed by atoms with Gasteiger partial charge in [-0.05, 0) is 28.8 Å². The van der Waals surface area contributed by atoms with Gasteiger partial charge in [0.1, 0.15) is 29.3 Å². The van der Waals surface area contributed by atoms with Crippen LogP contribution >= 0.6 is 0 Å². The van der Waals surface area contributed by atoms with E-state index in [-0.39, 0.29) is 23.0 Å². The highest BCUT2D eigenvalue weighted by atomic mass is 15.2. The van der Waals surface area contributed by atoms with Gasteiger partial charge in [0.25, 0.3) is 0 Å². The van der Waals surface area contributed by atoms with Gasteiger partial charge in [-0.1, -0.05) is 36.4 Å². The predicted octanol–water partition coefficient (Wildman–Crippen LogP) is 2.60. The topological polar surface area (TPSA) is 173 Å². The molecule has 6 N–H and O–H groups in total. The lowest BCUT2D eigenvalue weighted by molar-refractivity contribution is 0.848. The van der Waals surface area contributed by atoms with Gasteiger partial charge < -0.3 is 16.8 Å². The molecular weight excluding hydrogens is 390 g/mol. The maximum absolute atomic E-state index is 9.49. The summed E-state index contributed by atoms with van der Waals surface area (Å²) in [5, 5.41) is 33.2. The Morgan fingerprint density at radius 1 is 1.00 bits per heavy atom. The average molecular weight is 405 g/mol. The highest BCUT2D eigenvalue weighted by molar-refractivity contribution is 5.98. The zero-order chi connectivity index (χ0) is 22.0. The summed E-state index contributed by atoms with van der Waals surface area (Å²) in [7, 11) is 0. The number of rotatable bonds is 2. The van der Waals surface area contributed by atoms with E-state index in [0.717, 1.165) is 16.7 Å². The number of anilines is 3. The van der Waals surface area contributed by atoms with Gasteiger partial charge in [0, 0.05) is 5.56 Å². The van der Waals surface area contributed by atoms with Crippen molar-refractivity contribution >= 4 is 23.3 Å². The van der Waals surface area contributed by atoms with Crippen molar-refractivity contribution in [2.45, 2.75) is 6.04 Å². The summed E-state index contributed by atoms with van der Waals surface area (Å²) in [5.74, 6) is 0.474. The fourth-order valence-corrected chi connectivity index (χ4v) is 3.56. The van der Waals surface area contributed by atoms with Gasteiger partial charge in [-0.2, -0.15) is 15.8 Å². The minimum Gasteiger partial charge on any atom is -0.397 e. The van der Waals surface area contributed by atoms with E-state index in [1.54, 1.807) is 18.2 Å². The van der Waals surface area contributed by atoms with Crippen LogP contribution in [-0.2, 0) is 0 Å². The summed E-state index contributed by atoms with van der Waals surface area (Å²) in [6.07, 6.45) is 1.83. The molecule has 0 spiro atoms. The van der Waals surface area contributed by atoms with E-state index in [0.29, 0.717) is 16.9 Å². The van der Waals surface area contributed by atoms with Gasteiger partial charge in [0.05, 0.1) is 17.3 Å². The lowest BCUT2D eigenvalue weighted by atomic mass is 9.89. The van der Waals surface area contributed by atoms with Gasteiger partial charge in [0.2, 0.25) is 5.96 Å². The number of hydrogen-bond acceptors (Lipinski definition) is 9. The Labute approximate surface area is 177 Å². The molecule has 0 saturated carbocycles. The van der Waals surface area contributed by atoms with Gasteiger partial charge in [0.15, 0.2) is 6.19 Å². The number of nitriles is 3. The SMILES string of the molecule is N#CNC1=NC(c2ccccc2-c2cccc(C#N)c2)c2c(nc(N)c(C#N)c2N)N1. The maximum Gasteiger partial charge on any atom is 0.211 e. The number of hydrogen-bond donors (Lipinski definition) is 4. The minimum atomic E-state index is -0.672. The van der Waals surface area contributed by atoms with E-state index in [1.807, 2.05) is 42.6 Å². The lowest BCUT2D eigenvalue weighted by Gasteiger charge is -2.27. The molecule has 2 aromatic carbocycles. The molecule has 1 aromatic heterocycles. The highest BCUT2D eigenvalue weighted by Crippen LogP contribution is 2.43. The van der Waals surface area contributed by atoms with Crippen molar-refractivity contribution in [3.63, 3.8) is 0 Å².